The second kappa shape index (κ2) is 5.31. The van der Waals surface area contributed by atoms with Crippen molar-refractivity contribution >= 4 is 6.29 Å². The Balaban J connectivity index is 3.13. The number of nitriles is 1. The Labute approximate surface area is 90.5 Å². The lowest BCUT2D eigenvalue weighted by molar-refractivity contribution is -0.109. The predicted molar refractivity (Wildman–Crippen MR) is 59.6 cm³/mol. The molecule has 2 nitrogen and oxygen atoms in total. The molecule has 2 heteroatoms. The molecule has 1 unspecified atom stereocenters. The Hall–Kier alpha value is -1.62. The van der Waals surface area contributed by atoms with Gasteiger partial charge in [-0.05, 0) is 30.5 Å². The quantitative estimate of drug-likeness (QED) is 0.703. The van der Waals surface area contributed by atoms with Crippen LogP contribution in [0.15, 0.2) is 18.2 Å². The molecule has 0 saturated carbocycles. The fourth-order valence-electron chi connectivity index (χ4n) is 1.78. The highest BCUT2D eigenvalue weighted by molar-refractivity contribution is 5.64. The van der Waals surface area contributed by atoms with Gasteiger partial charge in [0.05, 0.1) is 11.6 Å². The number of nitrogens with zero attached hydrogens (tertiary/aromatic N) is 1. The minimum Gasteiger partial charge on any atom is -0.303 e. The number of carbonyl (C=O) groups is 1. The summed E-state index contributed by atoms with van der Waals surface area (Å²) in [4.78, 5) is 11.0. The molecule has 0 saturated heterocycles. The summed E-state index contributed by atoms with van der Waals surface area (Å²) < 4.78 is 0. The Morgan fingerprint density at radius 2 is 2.27 bits per heavy atom. The fourth-order valence-corrected chi connectivity index (χ4v) is 1.78. The van der Waals surface area contributed by atoms with Gasteiger partial charge in [0.1, 0.15) is 6.29 Å². The molecule has 0 fully saturated rings. The zero-order chi connectivity index (χ0) is 11.3. The van der Waals surface area contributed by atoms with Crippen molar-refractivity contribution in [3.63, 3.8) is 0 Å². The summed E-state index contributed by atoms with van der Waals surface area (Å²) in [5.41, 5.74) is 2.59. The number of benzene rings is 1. The molecule has 15 heavy (non-hydrogen) atoms. The second-order valence-electron chi connectivity index (χ2n) is 3.66. The number of rotatable bonds is 4. The first-order valence-electron chi connectivity index (χ1n) is 5.19. The highest BCUT2D eigenvalue weighted by atomic mass is 16.1. The van der Waals surface area contributed by atoms with Crippen molar-refractivity contribution < 1.29 is 4.79 Å². The van der Waals surface area contributed by atoms with Gasteiger partial charge in [-0.3, -0.25) is 0 Å². The average Bonchev–Trinajstić information content (AvgIpc) is 2.27. The maximum Gasteiger partial charge on any atom is 0.127 e. The van der Waals surface area contributed by atoms with Crippen molar-refractivity contribution in [2.24, 2.45) is 0 Å². The standard InChI is InChI=1S/C13H15NO/c1-3-5-12(9-15)13-7-4-6-11(8-14)10(13)2/h4,6-7,9,12H,3,5H2,1-2H3. The molecule has 0 radical (unpaired) electrons. The molecule has 0 amide bonds. The van der Waals surface area contributed by atoms with Crippen LogP contribution in [0.4, 0.5) is 0 Å². The van der Waals surface area contributed by atoms with Gasteiger partial charge in [-0.25, -0.2) is 0 Å². The molecule has 78 valence electrons. The van der Waals surface area contributed by atoms with Crippen LogP contribution in [-0.4, -0.2) is 6.29 Å². The van der Waals surface area contributed by atoms with Crippen molar-refractivity contribution in [3.8, 4) is 6.07 Å². The first kappa shape index (κ1) is 11.5. The molecule has 0 spiro atoms. The minimum absolute atomic E-state index is 0.0664. The molecule has 0 N–H and O–H groups in total. The van der Waals surface area contributed by atoms with E-state index in [0.717, 1.165) is 30.3 Å². The van der Waals surface area contributed by atoms with Crippen molar-refractivity contribution in [3.05, 3.63) is 34.9 Å². The first-order chi connectivity index (χ1) is 7.24. The zero-order valence-corrected chi connectivity index (χ0v) is 9.16. The molecule has 1 aromatic carbocycles. The number of carbonyl (C=O) groups excluding carboxylic acids is 1. The monoisotopic (exact) mass is 201 g/mol. The van der Waals surface area contributed by atoms with Crippen LogP contribution in [0.25, 0.3) is 0 Å². The van der Waals surface area contributed by atoms with Gasteiger partial charge in [0.2, 0.25) is 0 Å². The SMILES string of the molecule is CCCC(C=O)c1cccc(C#N)c1C. The summed E-state index contributed by atoms with van der Waals surface area (Å²) in [6.07, 6.45) is 2.80. The van der Waals surface area contributed by atoms with Crippen molar-refractivity contribution in [2.75, 3.05) is 0 Å². The summed E-state index contributed by atoms with van der Waals surface area (Å²) >= 11 is 0. The second-order valence-corrected chi connectivity index (χ2v) is 3.66. The maximum absolute atomic E-state index is 11.0. The molecule has 1 rings (SSSR count). The molecule has 0 heterocycles. The van der Waals surface area contributed by atoms with Gasteiger partial charge in [-0.2, -0.15) is 5.26 Å². The van der Waals surface area contributed by atoms with Crippen LogP contribution < -0.4 is 0 Å². The summed E-state index contributed by atoms with van der Waals surface area (Å²) in [5, 5.41) is 8.89. The third kappa shape index (κ3) is 2.44. The van der Waals surface area contributed by atoms with E-state index in [1.165, 1.54) is 0 Å². The Kier molecular flexibility index (Phi) is 4.05. The Morgan fingerprint density at radius 3 is 2.80 bits per heavy atom. The summed E-state index contributed by atoms with van der Waals surface area (Å²) in [7, 11) is 0. The number of aldehydes is 1. The minimum atomic E-state index is -0.0664. The van der Waals surface area contributed by atoms with Crippen LogP contribution in [-0.2, 0) is 4.79 Å². The average molecular weight is 201 g/mol. The highest BCUT2D eigenvalue weighted by Gasteiger charge is 2.13. The summed E-state index contributed by atoms with van der Waals surface area (Å²) in [6.45, 7) is 3.96. The van der Waals surface area contributed by atoms with Crippen LogP contribution >= 0.6 is 0 Å². The lowest BCUT2D eigenvalue weighted by Crippen LogP contribution is -2.03. The van der Waals surface area contributed by atoms with E-state index >= 15 is 0 Å². The van der Waals surface area contributed by atoms with Crippen LogP contribution in [0.1, 0.15) is 42.4 Å². The van der Waals surface area contributed by atoms with Gasteiger partial charge in [0.25, 0.3) is 0 Å². The molecular formula is C13H15NO. The van der Waals surface area contributed by atoms with Gasteiger partial charge >= 0.3 is 0 Å². The highest BCUT2D eigenvalue weighted by Crippen LogP contribution is 2.24. The molecule has 0 aliphatic carbocycles. The van der Waals surface area contributed by atoms with E-state index in [9.17, 15) is 4.79 Å². The molecule has 1 aromatic rings. The van der Waals surface area contributed by atoms with Crippen molar-refractivity contribution in [1.82, 2.24) is 0 Å². The maximum atomic E-state index is 11.0. The van der Waals surface area contributed by atoms with E-state index in [1.807, 2.05) is 19.1 Å². The third-order valence-corrected chi connectivity index (χ3v) is 2.66. The summed E-state index contributed by atoms with van der Waals surface area (Å²) in [5.74, 6) is -0.0664. The number of hydrogen-bond donors (Lipinski definition) is 0. The fraction of sp³-hybridized carbons (Fsp3) is 0.385. The lowest BCUT2D eigenvalue weighted by Gasteiger charge is -2.13. The zero-order valence-electron chi connectivity index (χ0n) is 9.16. The molecule has 0 aliphatic heterocycles. The van der Waals surface area contributed by atoms with Crippen LogP contribution in [0.5, 0.6) is 0 Å². The third-order valence-electron chi connectivity index (χ3n) is 2.66. The van der Waals surface area contributed by atoms with E-state index in [0.29, 0.717) is 5.56 Å². The Bertz CT molecular complexity index is 390. The van der Waals surface area contributed by atoms with E-state index in [2.05, 4.69) is 13.0 Å². The molecule has 1 atom stereocenters. The summed E-state index contributed by atoms with van der Waals surface area (Å²) in [6, 6.07) is 7.70. The smallest absolute Gasteiger partial charge is 0.127 e. The lowest BCUT2D eigenvalue weighted by atomic mass is 9.90. The Morgan fingerprint density at radius 1 is 1.53 bits per heavy atom. The van der Waals surface area contributed by atoms with Crippen LogP contribution in [0.3, 0.4) is 0 Å². The van der Waals surface area contributed by atoms with E-state index < -0.39 is 0 Å². The molecule has 0 aliphatic rings. The van der Waals surface area contributed by atoms with Gasteiger partial charge < -0.3 is 4.79 Å². The largest absolute Gasteiger partial charge is 0.303 e. The van der Waals surface area contributed by atoms with E-state index in [1.54, 1.807) is 6.07 Å². The van der Waals surface area contributed by atoms with Gasteiger partial charge in [0, 0.05) is 5.92 Å². The van der Waals surface area contributed by atoms with Crippen molar-refractivity contribution in [2.45, 2.75) is 32.6 Å². The van der Waals surface area contributed by atoms with E-state index in [-0.39, 0.29) is 5.92 Å². The van der Waals surface area contributed by atoms with Crippen LogP contribution in [0.2, 0.25) is 0 Å². The predicted octanol–water partition coefficient (Wildman–Crippen LogP) is 2.95. The van der Waals surface area contributed by atoms with Crippen LogP contribution in [0, 0.1) is 18.3 Å². The molecular weight excluding hydrogens is 186 g/mol. The van der Waals surface area contributed by atoms with Gasteiger partial charge in [-0.1, -0.05) is 25.5 Å². The topological polar surface area (TPSA) is 40.9 Å². The normalized spacial score (nSPS) is 11.8. The van der Waals surface area contributed by atoms with Crippen molar-refractivity contribution in [1.29, 1.82) is 5.26 Å². The number of hydrogen-bond acceptors (Lipinski definition) is 2. The van der Waals surface area contributed by atoms with Gasteiger partial charge in [-0.15, -0.1) is 0 Å². The first-order valence-corrected chi connectivity index (χ1v) is 5.19. The van der Waals surface area contributed by atoms with Gasteiger partial charge in [0.15, 0.2) is 0 Å². The van der Waals surface area contributed by atoms with E-state index in [4.69, 9.17) is 5.26 Å². The molecule has 0 aromatic heterocycles. The molecule has 0 bridgehead atoms.